The molecule has 1 fully saturated rings. The van der Waals surface area contributed by atoms with Gasteiger partial charge >= 0.3 is 0 Å². The molecule has 1 aliphatic heterocycles. The van der Waals surface area contributed by atoms with Gasteiger partial charge in [0.15, 0.2) is 0 Å². The molecule has 0 aliphatic carbocycles. The molecule has 3 heteroatoms. The molecule has 0 radical (unpaired) electrons. The van der Waals surface area contributed by atoms with Crippen LogP contribution in [0, 0.1) is 0 Å². The first-order chi connectivity index (χ1) is 11.6. The van der Waals surface area contributed by atoms with Crippen LogP contribution in [0.15, 0.2) is 42.5 Å². The molecule has 1 heterocycles. The highest BCUT2D eigenvalue weighted by Crippen LogP contribution is 2.29. The van der Waals surface area contributed by atoms with Gasteiger partial charge in [-0.2, -0.15) is 0 Å². The summed E-state index contributed by atoms with van der Waals surface area (Å²) < 4.78 is 5.50. The van der Waals surface area contributed by atoms with Gasteiger partial charge in [-0.25, -0.2) is 0 Å². The number of methoxy groups -OCH3 is 1. The van der Waals surface area contributed by atoms with Crippen LogP contribution in [0.4, 0.5) is 0 Å². The highest BCUT2D eigenvalue weighted by atomic mass is 16.5. The van der Waals surface area contributed by atoms with Crippen molar-refractivity contribution in [2.24, 2.45) is 0 Å². The van der Waals surface area contributed by atoms with Gasteiger partial charge in [0.05, 0.1) is 12.7 Å². The smallest absolute Gasteiger partial charge is 0.257 e. The molecular formula is C21H25NO2. The molecule has 24 heavy (non-hydrogen) atoms. The molecule has 1 amide bonds. The summed E-state index contributed by atoms with van der Waals surface area (Å²) in [5.74, 6) is 1.25. The quantitative estimate of drug-likeness (QED) is 0.814. The van der Waals surface area contributed by atoms with E-state index in [1.54, 1.807) is 7.11 Å². The van der Waals surface area contributed by atoms with Gasteiger partial charge in [0, 0.05) is 13.1 Å². The van der Waals surface area contributed by atoms with E-state index in [9.17, 15) is 4.79 Å². The molecule has 1 saturated heterocycles. The Kier molecular flexibility index (Phi) is 4.89. The average molecular weight is 323 g/mol. The molecule has 2 aromatic rings. The van der Waals surface area contributed by atoms with Crippen LogP contribution in [0.2, 0.25) is 0 Å². The maximum absolute atomic E-state index is 12.6. The van der Waals surface area contributed by atoms with Gasteiger partial charge in [0.25, 0.3) is 5.91 Å². The van der Waals surface area contributed by atoms with Crippen LogP contribution in [0.3, 0.4) is 0 Å². The van der Waals surface area contributed by atoms with E-state index in [4.69, 9.17) is 4.74 Å². The monoisotopic (exact) mass is 323 g/mol. The van der Waals surface area contributed by atoms with E-state index in [1.807, 2.05) is 23.1 Å². The Morgan fingerprint density at radius 3 is 2.21 bits per heavy atom. The Morgan fingerprint density at radius 1 is 1.00 bits per heavy atom. The summed E-state index contributed by atoms with van der Waals surface area (Å²) in [4.78, 5) is 14.6. The minimum Gasteiger partial charge on any atom is -0.496 e. The van der Waals surface area contributed by atoms with E-state index in [1.165, 1.54) is 5.56 Å². The Hall–Kier alpha value is -2.29. The van der Waals surface area contributed by atoms with Crippen LogP contribution in [-0.2, 0) is 0 Å². The first-order valence-corrected chi connectivity index (χ1v) is 8.68. The molecular weight excluding hydrogens is 298 g/mol. The fourth-order valence-corrected chi connectivity index (χ4v) is 3.20. The van der Waals surface area contributed by atoms with Gasteiger partial charge in [-0.05, 0) is 47.6 Å². The number of hydrogen-bond donors (Lipinski definition) is 0. The number of ether oxygens (including phenoxy) is 1. The average Bonchev–Trinajstić information content (AvgIpc) is 3.15. The lowest BCUT2D eigenvalue weighted by atomic mass is 9.98. The van der Waals surface area contributed by atoms with Crippen molar-refractivity contribution in [3.8, 4) is 16.9 Å². The molecule has 0 saturated carbocycles. The van der Waals surface area contributed by atoms with Crippen molar-refractivity contribution >= 4 is 5.91 Å². The summed E-state index contributed by atoms with van der Waals surface area (Å²) in [7, 11) is 1.63. The van der Waals surface area contributed by atoms with E-state index in [0.29, 0.717) is 17.2 Å². The van der Waals surface area contributed by atoms with Crippen LogP contribution < -0.4 is 4.74 Å². The second-order valence-electron chi connectivity index (χ2n) is 6.69. The van der Waals surface area contributed by atoms with Crippen molar-refractivity contribution < 1.29 is 9.53 Å². The lowest BCUT2D eigenvalue weighted by molar-refractivity contribution is 0.0789. The van der Waals surface area contributed by atoms with Crippen molar-refractivity contribution in [2.75, 3.05) is 20.2 Å². The number of rotatable bonds is 4. The maximum atomic E-state index is 12.6. The third-order valence-corrected chi connectivity index (χ3v) is 4.74. The molecule has 0 spiro atoms. The Morgan fingerprint density at radius 2 is 1.62 bits per heavy atom. The van der Waals surface area contributed by atoms with Gasteiger partial charge < -0.3 is 9.64 Å². The summed E-state index contributed by atoms with van der Waals surface area (Å²) in [6.45, 7) is 6.08. The van der Waals surface area contributed by atoms with Crippen molar-refractivity contribution in [3.05, 3.63) is 53.6 Å². The third kappa shape index (κ3) is 3.30. The zero-order valence-corrected chi connectivity index (χ0v) is 14.7. The molecule has 2 aromatic carbocycles. The summed E-state index contributed by atoms with van der Waals surface area (Å²) >= 11 is 0. The summed E-state index contributed by atoms with van der Waals surface area (Å²) in [5.41, 5.74) is 4.19. The number of hydrogen-bond acceptors (Lipinski definition) is 2. The Bertz CT molecular complexity index is 713. The maximum Gasteiger partial charge on any atom is 0.257 e. The van der Waals surface area contributed by atoms with Gasteiger partial charge in [-0.1, -0.05) is 44.2 Å². The van der Waals surface area contributed by atoms with Gasteiger partial charge in [-0.3, -0.25) is 4.79 Å². The molecule has 3 nitrogen and oxygen atoms in total. The first-order valence-electron chi connectivity index (χ1n) is 8.68. The topological polar surface area (TPSA) is 29.5 Å². The van der Waals surface area contributed by atoms with E-state index in [2.05, 4.69) is 38.1 Å². The molecule has 0 bridgehead atoms. The third-order valence-electron chi connectivity index (χ3n) is 4.74. The number of amides is 1. The van der Waals surface area contributed by atoms with E-state index >= 15 is 0 Å². The van der Waals surface area contributed by atoms with Crippen molar-refractivity contribution in [1.82, 2.24) is 4.90 Å². The fraction of sp³-hybridized carbons (Fsp3) is 0.381. The standard InChI is InChI=1S/C21H25NO2/c1-15(2)16-6-8-17(9-7-16)18-10-11-19(20(14-18)24-3)21(23)22-12-4-5-13-22/h6-11,14-15H,4-5,12-13H2,1-3H3. The largest absolute Gasteiger partial charge is 0.496 e. The van der Waals surface area contributed by atoms with Crippen LogP contribution in [0.5, 0.6) is 5.75 Å². The molecule has 1 aliphatic rings. The Labute approximate surface area is 144 Å². The zero-order valence-electron chi connectivity index (χ0n) is 14.7. The molecule has 0 unspecified atom stereocenters. The molecule has 126 valence electrons. The highest BCUT2D eigenvalue weighted by molar-refractivity contribution is 5.97. The van der Waals surface area contributed by atoms with Crippen LogP contribution in [-0.4, -0.2) is 31.0 Å². The second kappa shape index (κ2) is 7.08. The molecule has 0 N–H and O–H groups in total. The zero-order chi connectivity index (χ0) is 17.1. The number of carbonyl (C=O) groups is 1. The van der Waals surface area contributed by atoms with Gasteiger partial charge in [0.1, 0.15) is 5.75 Å². The fourth-order valence-electron chi connectivity index (χ4n) is 3.20. The lowest BCUT2D eigenvalue weighted by Crippen LogP contribution is -2.27. The molecule has 0 atom stereocenters. The van der Waals surface area contributed by atoms with Crippen LogP contribution >= 0.6 is 0 Å². The SMILES string of the molecule is COc1cc(-c2ccc(C(C)C)cc2)ccc1C(=O)N1CCCC1. The predicted octanol–water partition coefficient (Wildman–Crippen LogP) is 4.72. The normalized spacial score (nSPS) is 14.2. The lowest BCUT2D eigenvalue weighted by Gasteiger charge is -2.18. The van der Waals surface area contributed by atoms with E-state index in [-0.39, 0.29) is 5.91 Å². The Balaban J connectivity index is 1.89. The first kappa shape index (κ1) is 16.6. The van der Waals surface area contributed by atoms with Crippen molar-refractivity contribution in [1.29, 1.82) is 0 Å². The van der Waals surface area contributed by atoms with E-state index < -0.39 is 0 Å². The summed E-state index contributed by atoms with van der Waals surface area (Å²) in [5, 5.41) is 0. The molecule has 0 aromatic heterocycles. The highest BCUT2D eigenvalue weighted by Gasteiger charge is 2.22. The minimum atomic E-state index is 0.0751. The minimum absolute atomic E-state index is 0.0751. The number of nitrogens with zero attached hydrogens (tertiary/aromatic N) is 1. The molecule has 3 rings (SSSR count). The van der Waals surface area contributed by atoms with Crippen LogP contribution in [0.25, 0.3) is 11.1 Å². The second-order valence-corrected chi connectivity index (χ2v) is 6.69. The number of carbonyl (C=O) groups excluding carboxylic acids is 1. The van der Waals surface area contributed by atoms with E-state index in [0.717, 1.165) is 37.1 Å². The van der Waals surface area contributed by atoms with Crippen molar-refractivity contribution in [2.45, 2.75) is 32.6 Å². The van der Waals surface area contributed by atoms with Gasteiger partial charge in [-0.15, -0.1) is 0 Å². The summed E-state index contributed by atoms with van der Waals surface area (Å²) in [6.07, 6.45) is 2.18. The van der Waals surface area contributed by atoms with Crippen LogP contribution in [0.1, 0.15) is 48.5 Å². The summed E-state index contributed by atoms with van der Waals surface area (Å²) in [6, 6.07) is 14.5. The number of benzene rings is 2. The predicted molar refractivity (Wildman–Crippen MR) is 97.7 cm³/mol. The number of likely N-dealkylation sites (tertiary alicyclic amines) is 1. The van der Waals surface area contributed by atoms with Gasteiger partial charge in [0.2, 0.25) is 0 Å². The van der Waals surface area contributed by atoms with Crippen molar-refractivity contribution in [3.63, 3.8) is 0 Å².